The number of rotatable bonds is 7. The Labute approximate surface area is 220 Å². The molecule has 1 aliphatic rings. The normalized spacial score (nSPS) is 17.0. The number of nitrogens with two attached hydrogens (primary N) is 1. The summed E-state index contributed by atoms with van der Waals surface area (Å²) in [4.78, 5) is 28.7. The molecule has 1 aliphatic heterocycles. The quantitative estimate of drug-likeness (QED) is 0.378. The SMILES string of the molecule is NC(=O)C=CC1=c2c(Cl)cc(Cl)cc2=NC1(C(=O)O)c1cccc(NS(=O)(=O)c2ccc(Cl)cc2)c1. The Hall–Kier alpha value is -3.37. The molecule has 0 bridgehead atoms. The maximum absolute atomic E-state index is 12.9. The molecule has 0 saturated heterocycles. The summed E-state index contributed by atoms with van der Waals surface area (Å²) in [7, 11) is -4.02. The van der Waals surface area contributed by atoms with Crippen molar-refractivity contribution in [3.8, 4) is 0 Å². The smallest absolute Gasteiger partial charge is 0.341 e. The van der Waals surface area contributed by atoms with Gasteiger partial charge in [0.15, 0.2) is 0 Å². The molecule has 8 nitrogen and oxygen atoms in total. The van der Waals surface area contributed by atoms with Crippen molar-refractivity contribution in [2.75, 3.05) is 4.72 Å². The second-order valence-electron chi connectivity index (χ2n) is 7.70. The molecule has 0 aromatic heterocycles. The Morgan fingerprint density at radius 3 is 2.33 bits per heavy atom. The van der Waals surface area contributed by atoms with Crippen LogP contribution in [0, 0.1) is 0 Å². The fraction of sp³-hybridized carbons (Fsp3) is 0.0417. The minimum atomic E-state index is -4.02. The van der Waals surface area contributed by atoms with Crippen LogP contribution in [-0.2, 0) is 25.2 Å². The predicted octanol–water partition coefficient (Wildman–Crippen LogP) is 3.25. The van der Waals surface area contributed by atoms with Crippen LogP contribution >= 0.6 is 34.8 Å². The minimum Gasteiger partial charge on any atom is -0.479 e. The summed E-state index contributed by atoms with van der Waals surface area (Å²) in [6.07, 6.45) is 2.23. The van der Waals surface area contributed by atoms with Gasteiger partial charge in [0.05, 0.1) is 15.3 Å². The molecule has 0 saturated carbocycles. The third-order valence-electron chi connectivity index (χ3n) is 5.36. The number of carboxylic acids is 1. The van der Waals surface area contributed by atoms with Crippen LogP contribution in [-0.4, -0.2) is 25.4 Å². The molecule has 36 heavy (non-hydrogen) atoms. The second-order valence-corrected chi connectivity index (χ2v) is 10.7. The summed E-state index contributed by atoms with van der Waals surface area (Å²) < 4.78 is 28.2. The molecule has 0 radical (unpaired) electrons. The fourth-order valence-corrected chi connectivity index (χ4v) is 5.61. The standard InChI is InChI=1S/C24H16Cl3N3O5S/c25-14-4-6-17(7-5-14)36(34,35)30-16-3-1-2-13(10-16)24(23(32)33)18(8-9-21(28)31)22-19(27)11-15(26)12-20(22)29-24/h1-12,30H,(H2,28,31)(H,32,33). The number of hydrogen-bond donors (Lipinski definition) is 3. The lowest BCUT2D eigenvalue weighted by molar-refractivity contribution is -0.141. The van der Waals surface area contributed by atoms with Crippen molar-refractivity contribution in [2.45, 2.75) is 10.4 Å². The van der Waals surface area contributed by atoms with Gasteiger partial charge >= 0.3 is 5.97 Å². The highest BCUT2D eigenvalue weighted by Gasteiger charge is 2.46. The first kappa shape index (κ1) is 25.7. The molecule has 4 N–H and O–H groups in total. The van der Waals surface area contributed by atoms with Crippen LogP contribution in [0.5, 0.6) is 0 Å². The van der Waals surface area contributed by atoms with Gasteiger partial charge in [-0.15, -0.1) is 0 Å². The number of nitrogens with zero attached hydrogens (tertiary/aromatic N) is 1. The van der Waals surface area contributed by atoms with Crippen molar-refractivity contribution in [3.05, 3.63) is 104 Å². The van der Waals surface area contributed by atoms with Crippen LogP contribution in [0.1, 0.15) is 5.56 Å². The highest BCUT2D eigenvalue weighted by molar-refractivity contribution is 7.92. The molecule has 3 aromatic rings. The van der Waals surface area contributed by atoms with Crippen molar-refractivity contribution in [1.82, 2.24) is 0 Å². The molecule has 184 valence electrons. The van der Waals surface area contributed by atoms with E-state index in [1.165, 1.54) is 66.7 Å². The lowest BCUT2D eigenvalue weighted by Crippen LogP contribution is -2.35. The van der Waals surface area contributed by atoms with Crippen LogP contribution in [0.2, 0.25) is 15.1 Å². The third kappa shape index (κ3) is 4.70. The number of carbonyl (C=O) groups is 2. The summed E-state index contributed by atoms with van der Waals surface area (Å²) in [6.45, 7) is 0. The van der Waals surface area contributed by atoms with Crippen molar-refractivity contribution in [1.29, 1.82) is 0 Å². The topological polar surface area (TPSA) is 139 Å². The third-order valence-corrected chi connectivity index (χ3v) is 7.53. The van der Waals surface area contributed by atoms with Crippen LogP contribution in [0.4, 0.5) is 5.69 Å². The van der Waals surface area contributed by atoms with Crippen LogP contribution in [0.25, 0.3) is 5.57 Å². The van der Waals surface area contributed by atoms with E-state index in [9.17, 15) is 23.1 Å². The first-order valence-electron chi connectivity index (χ1n) is 10.1. The van der Waals surface area contributed by atoms with Crippen LogP contribution in [0.15, 0.2) is 82.7 Å². The molecular formula is C24H16Cl3N3O5S. The van der Waals surface area contributed by atoms with Gasteiger partial charge in [0.1, 0.15) is 0 Å². The summed E-state index contributed by atoms with van der Waals surface area (Å²) in [6, 6.07) is 14.1. The second kappa shape index (κ2) is 9.59. The lowest BCUT2D eigenvalue weighted by Gasteiger charge is -2.25. The van der Waals surface area contributed by atoms with Gasteiger partial charge in [-0.25, -0.2) is 13.2 Å². The van der Waals surface area contributed by atoms with Crippen molar-refractivity contribution in [3.63, 3.8) is 0 Å². The monoisotopic (exact) mass is 563 g/mol. The molecule has 3 aromatic carbocycles. The fourth-order valence-electron chi connectivity index (χ4n) is 3.85. The zero-order chi connectivity index (χ0) is 26.3. The predicted molar refractivity (Wildman–Crippen MR) is 137 cm³/mol. The van der Waals surface area contributed by atoms with E-state index in [-0.39, 0.29) is 42.3 Å². The van der Waals surface area contributed by atoms with E-state index >= 15 is 0 Å². The number of benzene rings is 3. The molecule has 1 unspecified atom stereocenters. The number of sulfonamides is 1. The first-order chi connectivity index (χ1) is 16.9. The zero-order valence-electron chi connectivity index (χ0n) is 18.1. The number of aliphatic carboxylic acids is 1. The molecule has 4 rings (SSSR count). The molecular weight excluding hydrogens is 549 g/mol. The lowest BCUT2D eigenvalue weighted by atomic mass is 9.82. The highest BCUT2D eigenvalue weighted by atomic mass is 35.5. The number of hydrogen-bond acceptors (Lipinski definition) is 5. The van der Waals surface area contributed by atoms with E-state index in [1.807, 2.05) is 0 Å². The molecule has 0 spiro atoms. The maximum atomic E-state index is 12.9. The van der Waals surface area contributed by atoms with E-state index in [1.54, 1.807) is 0 Å². The van der Waals surface area contributed by atoms with E-state index in [0.717, 1.165) is 6.08 Å². The van der Waals surface area contributed by atoms with Crippen molar-refractivity contribution >= 4 is 68.0 Å². The number of nitrogens with one attached hydrogen (secondary N) is 1. The average molecular weight is 565 g/mol. The minimum absolute atomic E-state index is 0.0405. The van der Waals surface area contributed by atoms with Crippen LogP contribution in [0.3, 0.4) is 0 Å². The van der Waals surface area contributed by atoms with Crippen molar-refractivity contribution in [2.24, 2.45) is 10.7 Å². The summed E-state index contributed by atoms with van der Waals surface area (Å²) in [5, 5.41) is 11.6. The van der Waals surface area contributed by atoms with Gasteiger partial charge in [0.25, 0.3) is 10.0 Å². The largest absolute Gasteiger partial charge is 0.479 e. The van der Waals surface area contributed by atoms with E-state index in [4.69, 9.17) is 40.5 Å². The number of primary amides is 1. The van der Waals surface area contributed by atoms with Crippen LogP contribution < -0.4 is 21.0 Å². The summed E-state index contributed by atoms with van der Waals surface area (Å²) in [5.41, 5.74) is 3.41. The number of amides is 1. The van der Waals surface area contributed by atoms with Gasteiger partial charge in [0.2, 0.25) is 11.4 Å². The van der Waals surface area contributed by atoms with Gasteiger partial charge < -0.3 is 10.8 Å². The van der Waals surface area contributed by atoms with Crippen molar-refractivity contribution < 1.29 is 23.1 Å². The van der Waals surface area contributed by atoms with E-state index < -0.39 is 27.4 Å². The number of carboxylic acid groups (broad SMARTS) is 1. The molecule has 0 fully saturated rings. The Kier molecular flexibility index (Phi) is 6.85. The number of anilines is 1. The average Bonchev–Trinajstić information content (AvgIpc) is 3.13. The maximum Gasteiger partial charge on any atom is 0.341 e. The number of fused-ring (bicyclic) bond motifs is 1. The summed E-state index contributed by atoms with van der Waals surface area (Å²) in [5.74, 6) is -2.21. The first-order valence-corrected chi connectivity index (χ1v) is 12.8. The van der Waals surface area contributed by atoms with E-state index in [2.05, 4.69) is 9.71 Å². The van der Waals surface area contributed by atoms with E-state index in [0.29, 0.717) is 5.02 Å². The Morgan fingerprint density at radius 2 is 1.69 bits per heavy atom. The molecule has 1 heterocycles. The Morgan fingerprint density at radius 1 is 1.00 bits per heavy atom. The van der Waals surface area contributed by atoms with Gasteiger partial charge in [-0.05, 0) is 60.2 Å². The Bertz CT molecular complexity index is 1670. The van der Waals surface area contributed by atoms with Gasteiger partial charge in [0, 0.05) is 32.6 Å². The molecule has 0 aliphatic carbocycles. The highest BCUT2D eigenvalue weighted by Crippen LogP contribution is 2.39. The van der Waals surface area contributed by atoms with Gasteiger partial charge in [-0.2, -0.15) is 0 Å². The zero-order valence-corrected chi connectivity index (χ0v) is 21.2. The molecule has 12 heteroatoms. The molecule has 1 amide bonds. The molecule has 1 atom stereocenters. The Balaban J connectivity index is 1.91. The van der Waals surface area contributed by atoms with Gasteiger partial charge in [-0.1, -0.05) is 46.9 Å². The number of carbonyl (C=O) groups excluding carboxylic acids is 1. The number of halogens is 3. The van der Waals surface area contributed by atoms with Gasteiger partial charge in [-0.3, -0.25) is 14.5 Å². The summed E-state index contributed by atoms with van der Waals surface area (Å²) >= 11 is 18.3.